The first-order valence-corrected chi connectivity index (χ1v) is 7.45. The highest BCUT2D eigenvalue weighted by molar-refractivity contribution is 5.39. The second-order valence-electron chi connectivity index (χ2n) is 5.32. The molecule has 20 heavy (non-hydrogen) atoms. The predicted octanol–water partition coefficient (Wildman–Crippen LogP) is 2.38. The summed E-state index contributed by atoms with van der Waals surface area (Å²) in [4.78, 5) is 0. The van der Waals surface area contributed by atoms with Crippen LogP contribution in [0.15, 0.2) is 18.2 Å². The van der Waals surface area contributed by atoms with Gasteiger partial charge in [-0.25, -0.2) is 0 Å². The highest BCUT2D eigenvalue weighted by Crippen LogP contribution is 2.20. The Morgan fingerprint density at radius 1 is 1.45 bits per heavy atom. The normalized spacial score (nSPS) is 18.6. The van der Waals surface area contributed by atoms with E-state index in [1.165, 1.54) is 0 Å². The number of para-hydroxylation sites is 1. The molecule has 0 aliphatic carbocycles. The minimum absolute atomic E-state index is 0.312. The van der Waals surface area contributed by atoms with Crippen LogP contribution in [0.2, 0.25) is 0 Å². The zero-order valence-electron chi connectivity index (χ0n) is 12.2. The lowest BCUT2D eigenvalue weighted by Crippen LogP contribution is -2.19. The van der Waals surface area contributed by atoms with Gasteiger partial charge in [-0.2, -0.15) is 0 Å². The fourth-order valence-electron chi connectivity index (χ4n) is 2.38. The van der Waals surface area contributed by atoms with Crippen LogP contribution in [0.1, 0.15) is 30.4 Å². The Morgan fingerprint density at radius 2 is 2.35 bits per heavy atom. The molecule has 0 bridgehead atoms. The van der Waals surface area contributed by atoms with Crippen LogP contribution in [0.4, 0.5) is 0 Å². The van der Waals surface area contributed by atoms with E-state index < -0.39 is 0 Å². The highest BCUT2D eigenvalue weighted by atomic mass is 16.5. The molecule has 1 heterocycles. The summed E-state index contributed by atoms with van der Waals surface area (Å²) in [6, 6.07) is 5.83. The predicted molar refractivity (Wildman–Crippen MR) is 79.0 cm³/mol. The van der Waals surface area contributed by atoms with Crippen LogP contribution in [0.25, 0.3) is 0 Å². The molecule has 0 amide bonds. The molecule has 1 aliphatic heterocycles. The van der Waals surface area contributed by atoms with Crippen molar-refractivity contribution in [2.24, 2.45) is 0 Å². The SMILES string of the molecule is Cc1cccc(CNCCCOCC2CCCO2)c1O. The first-order valence-electron chi connectivity index (χ1n) is 7.45. The van der Waals surface area contributed by atoms with E-state index in [0.717, 1.165) is 56.8 Å². The smallest absolute Gasteiger partial charge is 0.122 e. The summed E-state index contributed by atoms with van der Waals surface area (Å²) in [6.45, 7) is 5.86. The van der Waals surface area contributed by atoms with E-state index in [1.807, 2.05) is 25.1 Å². The Balaban J connectivity index is 1.52. The van der Waals surface area contributed by atoms with Crippen molar-refractivity contribution in [2.75, 3.05) is 26.4 Å². The third kappa shape index (κ3) is 4.78. The Labute approximate surface area is 121 Å². The third-order valence-electron chi connectivity index (χ3n) is 3.61. The third-order valence-corrected chi connectivity index (χ3v) is 3.61. The monoisotopic (exact) mass is 279 g/mol. The molecule has 0 radical (unpaired) electrons. The van der Waals surface area contributed by atoms with Crippen molar-refractivity contribution in [1.82, 2.24) is 5.32 Å². The van der Waals surface area contributed by atoms with Gasteiger partial charge in [-0.3, -0.25) is 0 Å². The van der Waals surface area contributed by atoms with Gasteiger partial charge in [-0.1, -0.05) is 18.2 Å². The summed E-state index contributed by atoms with van der Waals surface area (Å²) in [5, 5.41) is 13.2. The van der Waals surface area contributed by atoms with Crippen LogP contribution >= 0.6 is 0 Å². The van der Waals surface area contributed by atoms with Crippen molar-refractivity contribution in [2.45, 2.75) is 38.8 Å². The second kappa shape index (κ2) is 8.25. The minimum Gasteiger partial charge on any atom is -0.507 e. The standard InChI is InChI=1S/C16H25NO3/c1-13-5-2-6-14(16(13)18)11-17-8-4-9-19-12-15-7-3-10-20-15/h2,5-6,15,17-18H,3-4,7-12H2,1H3. The Hall–Kier alpha value is -1.10. The van der Waals surface area contributed by atoms with Gasteiger partial charge in [0.05, 0.1) is 12.7 Å². The van der Waals surface area contributed by atoms with Gasteiger partial charge in [-0.15, -0.1) is 0 Å². The molecule has 4 heteroatoms. The lowest BCUT2D eigenvalue weighted by atomic mass is 10.1. The van der Waals surface area contributed by atoms with Crippen molar-refractivity contribution in [3.05, 3.63) is 29.3 Å². The number of hydrogen-bond acceptors (Lipinski definition) is 4. The minimum atomic E-state index is 0.312. The van der Waals surface area contributed by atoms with E-state index >= 15 is 0 Å². The summed E-state index contributed by atoms with van der Waals surface area (Å²) in [5.74, 6) is 0.398. The van der Waals surface area contributed by atoms with Gasteiger partial charge < -0.3 is 19.9 Å². The topological polar surface area (TPSA) is 50.7 Å². The molecular formula is C16H25NO3. The molecule has 112 valence electrons. The molecule has 1 aromatic rings. The van der Waals surface area contributed by atoms with Gasteiger partial charge in [0.25, 0.3) is 0 Å². The number of phenolic OH excluding ortho intramolecular Hbond substituents is 1. The number of aryl methyl sites for hydroxylation is 1. The van der Waals surface area contributed by atoms with Gasteiger partial charge in [0.1, 0.15) is 5.75 Å². The lowest BCUT2D eigenvalue weighted by Gasteiger charge is -2.11. The fourth-order valence-corrected chi connectivity index (χ4v) is 2.38. The van der Waals surface area contributed by atoms with Crippen molar-refractivity contribution in [3.8, 4) is 5.75 Å². The van der Waals surface area contributed by atoms with Crippen molar-refractivity contribution >= 4 is 0 Å². The van der Waals surface area contributed by atoms with Crippen LogP contribution in [0.5, 0.6) is 5.75 Å². The fraction of sp³-hybridized carbons (Fsp3) is 0.625. The molecule has 1 fully saturated rings. The molecule has 0 spiro atoms. The number of rotatable bonds is 8. The largest absolute Gasteiger partial charge is 0.507 e. The molecule has 4 nitrogen and oxygen atoms in total. The average molecular weight is 279 g/mol. The number of hydrogen-bond donors (Lipinski definition) is 2. The van der Waals surface area contributed by atoms with Gasteiger partial charge in [0.15, 0.2) is 0 Å². The average Bonchev–Trinajstić information content (AvgIpc) is 2.95. The van der Waals surface area contributed by atoms with Crippen LogP contribution in [0.3, 0.4) is 0 Å². The van der Waals surface area contributed by atoms with Gasteiger partial charge in [-0.05, 0) is 38.3 Å². The van der Waals surface area contributed by atoms with Gasteiger partial charge in [0, 0.05) is 25.3 Å². The van der Waals surface area contributed by atoms with E-state index in [0.29, 0.717) is 18.4 Å². The molecule has 1 saturated heterocycles. The molecule has 0 saturated carbocycles. The van der Waals surface area contributed by atoms with Gasteiger partial charge in [0.2, 0.25) is 0 Å². The molecule has 2 rings (SSSR count). The summed E-state index contributed by atoms with van der Waals surface area (Å²) < 4.78 is 11.1. The number of phenols is 1. The maximum absolute atomic E-state index is 9.88. The molecule has 2 N–H and O–H groups in total. The summed E-state index contributed by atoms with van der Waals surface area (Å²) in [6.07, 6.45) is 3.58. The van der Waals surface area contributed by atoms with E-state index in [1.54, 1.807) is 0 Å². The molecular weight excluding hydrogens is 254 g/mol. The molecule has 1 unspecified atom stereocenters. The van der Waals surface area contributed by atoms with Crippen LogP contribution in [-0.2, 0) is 16.0 Å². The molecule has 1 aromatic carbocycles. The van der Waals surface area contributed by atoms with Crippen LogP contribution < -0.4 is 5.32 Å². The van der Waals surface area contributed by atoms with E-state index in [2.05, 4.69) is 5.32 Å². The lowest BCUT2D eigenvalue weighted by molar-refractivity contribution is 0.0166. The van der Waals surface area contributed by atoms with Crippen LogP contribution in [0, 0.1) is 6.92 Å². The second-order valence-corrected chi connectivity index (χ2v) is 5.32. The Morgan fingerprint density at radius 3 is 3.15 bits per heavy atom. The number of ether oxygens (including phenoxy) is 2. The number of benzene rings is 1. The quantitative estimate of drug-likeness (QED) is 0.717. The van der Waals surface area contributed by atoms with Gasteiger partial charge >= 0.3 is 0 Å². The summed E-state index contributed by atoms with van der Waals surface area (Å²) in [5.41, 5.74) is 1.87. The highest BCUT2D eigenvalue weighted by Gasteiger charge is 2.14. The Kier molecular flexibility index (Phi) is 6.30. The molecule has 1 atom stereocenters. The molecule has 1 aliphatic rings. The van der Waals surface area contributed by atoms with Crippen LogP contribution in [-0.4, -0.2) is 37.6 Å². The van der Waals surface area contributed by atoms with Crippen molar-refractivity contribution < 1.29 is 14.6 Å². The number of nitrogens with one attached hydrogen (secondary N) is 1. The zero-order chi connectivity index (χ0) is 14.2. The number of aromatic hydroxyl groups is 1. The zero-order valence-corrected chi connectivity index (χ0v) is 12.2. The Bertz CT molecular complexity index is 403. The van der Waals surface area contributed by atoms with E-state index in [4.69, 9.17) is 9.47 Å². The first-order chi connectivity index (χ1) is 9.77. The van der Waals surface area contributed by atoms with Crippen molar-refractivity contribution in [1.29, 1.82) is 0 Å². The molecule has 0 aromatic heterocycles. The first kappa shape index (κ1) is 15.3. The summed E-state index contributed by atoms with van der Waals surface area (Å²) >= 11 is 0. The van der Waals surface area contributed by atoms with Crippen molar-refractivity contribution in [3.63, 3.8) is 0 Å². The summed E-state index contributed by atoms with van der Waals surface area (Å²) in [7, 11) is 0. The maximum atomic E-state index is 9.88. The maximum Gasteiger partial charge on any atom is 0.122 e. The van der Waals surface area contributed by atoms with E-state index in [9.17, 15) is 5.11 Å². The van der Waals surface area contributed by atoms with E-state index in [-0.39, 0.29) is 0 Å².